The molecule has 2 rings (SSSR count). The van der Waals surface area contributed by atoms with Crippen molar-refractivity contribution < 1.29 is 17.9 Å². The van der Waals surface area contributed by atoms with Crippen molar-refractivity contribution in [1.82, 2.24) is 4.98 Å². The van der Waals surface area contributed by atoms with E-state index < -0.39 is 12.8 Å². The largest absolute Gasteiger partial charge is 0.482 e. The van der Waals surface area contributed by atoms with Gasteiger partial charge in [-0.2, -0.15) is 13.2 Å². The molecule has 2 aromatic rings. The Labute approximate surface area is 114 Å². The minimum absolute atomic E-state index is 0.0143. The zero-order chi connectivity index (χ0) is 14.8. The number of aryl methyl sites for hydroxylation is 1. The molecule has 0 radical (unpaired) electrons. The summed E-state index contributed by atoms with van der Waals surface area (Å²) in [7, 11) is 0. The molecule has 1 heterocycles. The van der Waals surface area contributed by atoms with Gasteiger partial charge in [-0.3, -0.25) is 4.98 Å². The molecule has 1 aromatic heterocycles. The summed E-state index contributed by atoms with van der Waals surface area (Å²) in [6.45, 7) is 0.484. The van der Waals surface area contributed by atoms with E-state index in [1.54, 1.807) is 12.3 Å². The van der Waals surface area contributed by atoms with Crippen LogP contribution in [0.2, 0.25) is 0 Å². The second-order valence-corrected chi connectivity index (χ2v) is 4.34. The van der Waals surface area contributed by atoms with Crippen LogP contribution in [-0.4, -0.2) is 17.8 Å². The van der Waals surface area contributed by atoms with Crippen LogP contribution in [-0.2, 0) is 0 Å². The molecule has 0 saturated heterocycles. The highest BCUT2D eigenvalue weighted by atomic mass is 19.4. The molecule has 2 N–H and O–H groups in total. The van der Waals surface area contributed by atoms with Gasteiger partial charge in [0, 0.05) is 17.5 Å². The van der Waals surface area contributed by atoms with Crippen molar-refractivity contribution in [3.63, 3.8) is 0 Å². The number of hydrogen-bond acceptors (Lipinski definition) is 3. The number of nitrogens with zero attached hydrogens (tertiary/aromatic N) is 1. The molecule has 3 nitrogen and oxygen atoms in total. The van der Waals surface area contributed by atoms with E-state index in [0.717, 1.165) is 11.3 Å². The Morgan fingerprint density at radius 3 is 2.45 bits per heavy atom. The van der Waals surface area contributed by atoms with Crippen LogP contribution in [0.4, 0.5) is 18.9 Å². The van der Waals surface area contributed by atoms with Crippen LogP contribution in [0.15, 0.2) is 36.5 Å². The highest BCUT2D eigenvalue weighted by Crippen LogP contribution is 2.30. The van der Waals surface area contributed by atoms with E-state index in [4.69, 9.17) is 10.5 Å². The van der Waals surface area contributed by atoms with Gasteiger partial charge in [-0.05, 0) is 30.7 Å². The lowest BCUT2D eigenvalue weighted by molar-refractivity contribution is -0.153. The molecule has 6 heteroatoms. The molecule has 0 bridgehead atoms. The average molecular weight is 282 g/mol. The Bertz CT molecular complexity index is 594. The van der Waals surface area contributed by atoms with E-state index in [9.17, 15) is 13.2 Å². The SMILES string of the molecule is Cc1ccc(-c2ccc(N)c(OCC(F)(F)F)c2)cn1. The van der Waals surface area contributed by atoms with E-state index >= 15 is 0 Å². The molecule has 0 aliphatic carbocycles. The monoisotopic (exact) mass is 282 g/mol. The smallest absolute Gasteiger partial charge is 0.422 e. The standard InChI is InChI=1S/C14H13F3N2O/c1-9-2-3-11(7-19-9)10-4-5-12(18)13(6-10)20-8-14(15,16)17/h2-7H,8,18H2,1H3. The van der Waals surface area contributed by atoms with Gasteiger partial charge in [-0.15, -0.1) is 0 Å². The normalized spacial score (nSPS) is 11.4. The Morgan fingerprint density at radius 2 is 1.85 bits per heavy atom. The van der Waals surface area contributed by atoms with Crippen LogP contribution >= 0.6 is 0 Å². The Balaban J connectivity index is 2.26. The number of alkyl halides is 3. The number of rotatable bonds is 3. The molecule has 0 saturated carbocycles. The van der Waals surface area contributed by atoms with Gasteiger partial charge >= 0.3 is 6.18 Å². The Hall–Kier alpha value is -2.24. The lowest BCUT2D eigenvalue weighted by Crippen LogP contribution is -2.19. The van der Waals surface area contributed by atoms with Gasteiger partial charge in [0.05, 0.1) is 5.69 Å². The van der Waals surface area contributed by atoms with Gasteiger partial charge in [-0.25, -0.2) is 0 Å². The first-order chi connectivity index (χ1) is 9.35. The molecular formula is C14H13F3N2O. The van der Waals surface area contributed by atoms with E-state index in [-0.39, 0.29) is 11.4 Å². The van der Waals surface area contributed by atoms with E-state index in [1.807, 2.05) is 19.1 Å². The maximum atomic E-state index is 12.2. The minimum Gasteiger partial charge on any atom is -0.482 e. The summed E-state index contributed by atoms with van der Waals surface area (Å²) >= 11 is 0. The second-order valence-electron chi connectivity index (χ2n) is 4.34. The number of nitrogens with two attached hydrogens (primary N) is 1. The topological polar surface area (TPSA) is 48.1 Å². The molecule has 1 aromatic carbocycles. The summed E-state index contributed by atoms with van der Waals surface area (Å²) in [4.78, 5) is 4.14. The molecule has 0 aliphatic heterocycles. The molecule has 0 unspecified atom stereocenters. The van der Waals surface area contributed by atoms with Gasteiger partial charge in [0.25, 0.3) is 0 Å². The lowest BCUT2D eigenvalue weighted by Gasteiger charge is -2.12. The third-order valence-corrected chi connectivity index (χ3v) is 2.65. The lowest BCUT2D eigenvalue weighted by atomic mass is 10.1. The maximum absolute atomic E-state index is 12.2. The molecule has 0 fully saturated rings. The molecule has 0 spiro atoms. The van der Waals surface area contributed by atoms with Crippen molar-refractivity contribution >= 4 is 5.69 Å². The van der Waals surface area contributed by atoms with Crippen LogP contribution in [0, 0.1) is 6.92 Å². The fraction of sp³-hybridized carbons (Fsp3) is 0.214. The summed E-state index contributed by atoms with van der Waals surface area (Å²) in [6.07, 6.45) is -2.75. The van der Waals surface area contributed by atoms with Crippen molar-refractivity contribution in [2.75, 3.05) is 12.3 Å². The third-order valence-electron chi connectivity index (χ3n) is 2.65. The minimum atomic E-state index is -4.39. The highest BCUT2D eigenvalue weighted by molar-refractivity contribution is 5.69. The quantitative estimate of drug-likeness (QED) is 0.875. The Morgan fingerprint density at radius 1 is 1.15 bits per heavy atom. The summed E-state index contributed by atoms with van der Waals surface area (Å²) in [5.41, 5.74) is 8.12. The molecule has 0 aliphatic rings. The molecule has 0 amide bonds. The zero-order valence-electron chi connectivity index (χ0n) is 10.7. The predicted octanol–water partition coefficient (Wildman–Crippen LogP) is 3.58. The summed E-state index contributed by atoms with van der Waals surface area (Å²) < 4.78 is 41.2. The molecule has 0 atom stereocenters. The summed E-state index contributed by atoms with van der Waals surface area (Å²) in [5.74, 6) is 0.0143. The zero-order valence-corrected chi connectivity index (χ0v) is 10.7. The number of halogens is 3. The number of pyridine rings is 1. The molecule has 20 heavy (non-hydrogen) atoms. The first-order valence-electron chi connectivity index (χ1n) is 5.87. The second kappa shape index (κ2) is 5.40. The van der Waals surface area contributed by atoms with Gasteiger partial charge < -0.3 is 10.5 Å². The highest BCUT2D eigenvalue weighted by Gasteiger charge is 2.28. The van der Waals surface area contributed by atoms with E-state index in [0.29, 0.717) is 5.56 Å². The van der Waals surface area contributed by atoms with Crippen LogP contribution in [0.1, 0.15) is 5.69 Å². The van der Waals surface area contributed by atoms with Crippen molar-refractivity contribution in [2.45, 2.75) is 13.1 Å². The van der Waals surface area contributed by atoms with Crippen molar-refractivity contribution in [2.24, 2.45) is 0 Å². The molecule has 106 valence electrons. The van der Waals surface area contributed by atoms with Crippen LogP contribution in [0.25, 0.3) is 11.1 Å². The number of hydrogen-bond donors (Lipinski definition) is 1. The maximum Gasteiger partial charge on any atom is 0.422 e. The number of aromatic nitrogens is 1. The van der Waals surface area contributed by atoms with Crippen molar-refractivity contribution in [1.29, 1.82) is 0 Å². The summed E-state index contributed by atoms with van der Waals surface area (Å²) in [6, 6.07) is 8.36. The Kier molecular flexibility index (Phi) is 3.83. The van der Waals surface area contributed by atoms with Gasteiger partial charge in [0.1, 0.15) is 5.75 Å². The number of benzene rings is 1. The van der Waals surface area contributed by atoms with Crippen molar-refractivity contribution in [3.8, 4) is 16.9 Å². The first kappa shape index (κ1) is 14.2. The third kappa shape index (κ3) is 3.63. The average Bonchev–Trinajstić information content (AvgIpc) is 2.38. The van der Waals surface area contributed by atoms with Gasteiger partial charge in [0.15, 0.2) is 6.61 Å². The number of nitrogen functional groups attached to an aromatic ring is 1. The van der Waals surface area contributed by atoms with Gasteiger partial charge in [-0.1, -0.05) is 12.1 Å². The summed E-state index contributed by atoms with van der Waals surface area (Å²) in [5, 5.41) is 0. The van der Waals surface area contributed by atoms with Crippen LogP contribution in [0.5, 0.6) is 5.75 Å². The first-order valence-corrected chi connectivity index (χ1v) is 5.87. The van der Waals surface area contributed by atoms with Gasteiger partial charge in [0.2, 0.25) is 0 Å². The fourth-order valence-corrected chi connectivity index (χ4v) is 1.64. The fourth-order valence-electron chi connectivity index (χ4n) is 1.64. The number of anilines is 1. The predicted molar refractivity (Wildman–Crippen MR) is 70.4 cm³/mol. The van der Waals surface area contributed by atoms with Crippen LogP contribution in [0.3, 0.4) is 0 Å². The van der Waals surface area contributed by atoms with E-state index in [2.05, 4.69) is 4.98 Å². The molecular weight excluding hydrogens is 269 g/mol. The van der Waals surface area contributed by atoms with Crippen molar-refractivity contribution in [3.05, 3.63) is 42.2 Å². The van der Waals surface area contributed by atoms with E-state index in [1.165, 1.54) is 12.1 Å². The van der Waals surface area contributed by atoms with Crippen LogP contribution < -0.4 is 10.5 Å². The number of ether oxygens (including phenoxy) is 1.